The topological polar surface area (TPSA) is 82.8 Å². The zero-order valence-corrected chi connectivity index (χ0v) is 17.6. The van der Waals surface area contributed by atoms with Gasteiger partial charge in [-0.25, -0.2) is 0 Å². The van der Waals surface area contributed by atoms with Crippen LogP contribution in [0.2, 0.25) is 0 Å². The van der Waals surface area contributed by atoms with Crippen LogP contribution in [0.15, 0.2) is 0 Å². The van der Waals surface area contributed by atoms with E-state index in [9.17, 15) is 4.79 Å². The molecule has 8 heteroatoms. The molecule has 0 bridgehead atoms. The summed E-state index contributed by atoms with van der Waals surface area (Å²) in [6, 6.07) is 0. The quantitative estimate of drug-likeness (QED) is 0.266. The number of carbonyl (C=O) groups excluding carboxylic acids is 1. The molecule has 0 aromatic rings. The molecule has 154 valence electrons. The number of amides is 1. The van der Waals surface area contributed by atoms with Crippen LogP contribution >= 0.6 is 21.6 Å². The van der Waals surface area contributed by atoms with Crippen LogP contribution in [0.4, 0.5) is 0 Å². The number of carbonyl (C=O) groups is 1. The minimum absolute atomic E-state index is 0.163. The van der Waals surface area contributed by atoms with E-state index >= 15 is 0 Å². The van der Waals surface area contributed by atoms with E-state index in [-0.39, 0.29) is 5.91 Å². The molecule has 3 N–H and O–H groups in total. The van der Waals surface area contributed by atoms with Crippen molar-refractivity contribution in [2.45, 2.75) is 50.2 Å². The number of unbranched alkanes of at least 4 members (excludes halogenated alkanes) is 1. The maximum atomic E-state index is 11.7. The average Bonchev–Trinajstić information content (AvgIpc) is 3.16. The van der Waals surface area contributed by atoms with Gasteiger partial charge in [0.05, 0.1) is 26.4 Å². The first kappa shape index (κ1) is 24.0. The maximum Gasteiger partial charge on any atom is 0.219 e. The highest BCUT2D eigenvalue weighted by Gasteiger charge is 2.15. The number of hydrogen-bond donors (Lipinski definition) is 2. The van der Waals surface area contributed by atoms with E-state index in [1.54, 1.807) is 0 Å². The zero-order valence-electron chi connectivity index (χ0n) is 15.9. The van der Waals surface area contributed by atoms with Crippen molar-refractivity contribution in [1.29, 1.82) is 0 Å². The van der Waals surface area contributed by atoms with E-state index in [0.717, 1.165) is 30.9 Å². The van der Waals surface area contributed by atoms with Gasteiger partial charge in [0.1, 0.15) is 0 Å². The summed E-state index contributed by atoms with van der Waals surface area (Å²) in [5.74, 6) is 1.45. The third kappa shape index (κ3) is 15.1. The molecule has 6 nitrogen and oxygen atoms in total. The fourth-order valence-electron chi connectivity index (χ4n) is 2.44. The first-order chi connectivity index (χ1) is 12.8. The Balaban J connectivity index is 1.72. The van der Waals surface area contributed by atoms with Crippen molar-refractivity contribution in [3.8, 4) is 0 Å². The summed E-state index contributed by atoms with van der Waals surface area (Å²) in [4.78, 5) is 11.7. The van der Waals surface area contributed by atoms with Crippen molar-refractivity contribution < 1.29 is 19.0 Å². The van der Waals surface area contributed by atoms with E-state index in [0.29, 0.717) is 59.2 Å². The van der Waals surface area contributed by atoms with Gasteiger partial charge in [-0.1, -0.05) is 28.0 Å². The summed E-state index contributed by atoms with van der Waals surface area (Å²) in [6.07, 6.45) is 7.11. The number of hydrogen-bond acceptors (Lipinski definition) is 7. The number of nitrogens with one attached hydrogen (secondary N) is 1. The van der Waals surface area contributed by atoms with Crippen molar-refractivity contribution in [3.63, 3.8) is 0 Å². The predicted molar refractivity (Wildman–Crippen MR) is 111 cm³/mol. The molecule has 1 heterocycles. The molecule has 1 aliphatic heterocycles. The molecule has 0 aromatic heterocycles. The molecule has 1 fully saturated rings. The third-order valence-electron chi connectivity index (χ3n) is 3.93. The highest BCUT2D eigenvalue weighted by molar-refractivity contribution is 8.77. The average molecular weight is 409 g/mol. The van der Waals surface area contributed by atoms with Gasteiger partial charge in [0.25, 0.3) is 0 Å². The summed E-state index contributed by atoms with van der Waals surface area (Å²) in [5.41, 5.74) is 5.37. The third-order valence-corrected chi connectivity index (χ3v) is 6.94. The van der Waals surface area contributed by atoms with Gasteiger partial charge in [-0.3, -0.25) is 4.79 Å². The molecule has 1 amide bonds. The van der Waals surface area contributed by atoms with Crippen LogP contribution in [0.5, 0.6) is 0 Å². The summed E-state index contributed by atoms with van der Waals surface area (Å²) in [5, 5.41) is 3.77. The van der Waals surface area contributed by atoms with Crippen LogP contribution < -0.4 is 11.1 Å². The van der Waals surface area contributed by atoms with Crippen LogP contribution in [0.3, 0.4) is 0 Å². The molecule has 1 unspecified atom stereocenters. The molecule has 0 aromatic carbocycles. The largest absolute Gasteiger partial charge is 0.379 e. The lowest BCUT2D eigenvalue weighted by Crippen LogP contribution is -2.25. The summed E-state index contributed by atoms with van der Waals surface area (Å²) < 4.78 is 16.2. The minimum Gasteiger partial charge on any atom is -0.379 e. The van der Waals surface area contributed by atoms with Gasteiger partial charge in [-0.2, -0.15) is 0 Å². The highest BCUT2D eigenvalue weighted by atomic mass is 33.1. The fourth-order valence-corrected chi connectivity index (χ4v) is 5.47. The van der Waals surface area contributed by atoms with E-state index in [4.69, 9.17) is 19.9 Å². The second-order valence-electron chi connectivity index (χ2n) is 6.26. The standard InChI is InChI=1S/C18H36N2O4S2/c19-8-3-10-22-12-14-24-15-13-23-11-4-9-20-18(21)6-2-1-5-17-7-16-25-26-17/h17H,1-16,19H2,(H,20,21). The van der Waals surface area contributed by atoms with Gasteiger partial charge < -0.3 is 25.3 Å². The Kier molecular flexibility index (Phi) is 17.0. The fraction of sp³-hybridized carbons (Fsp3) is 0.944. The van der Waals surface area contributed by atoms with Crippen LogP contribution in [0.1, 0.15) is 44.9 Å². The van der Waals surface area contributed by atoms with Crippen molar-refractivity contribution in [3.05, 3.63) is 0 Å². The molecule has 0 aliphatic carbocycles. The normalized spacial score (nSPS) is 16.9. The molecule has 0 radical (unpaired) electrons. The molecule has 26 heavy (non-hydrogen) atoms. The van der Waals surface area contributed by atoms with Crippen molar-refractivity contribution in [1.82, 2.24) is 5.32 Å². The second kappa shape index (κ2) is 18.4. The molecule has 1 rings (SSSR count). The molecular weight excluding hydrogens is 372 g/mol. The van der Waals surface area contributed by atoms with E-state index in [1.165, 1.54) is 18.6 Å². The van der Waals surface area contributed by atoms with E-state index in [2.05, 4.69) is 5.32 Å². The lowest BCUT2D eigenvalue weighted by molar-refractivity contribution is -0.121. The number of nitrogens with two attached hydrogens (primary N) is 1. The Hall–Kier alpha value is 0.0100. The summed E-state index contributed by atoms with van der Waals surface area (Å²) in [7, 11) is 4.00. The van der Waals surface area contributed by atoms with Gasteiger partial charge in [0.15, 0.2) is 0 Å². The van der Waals surface area contributed by atoms with Crippen molar-refractivity contribution in [2.75, 3.05) is 58.5 Å². The lowest BCUT2D eigenvalue weighted by Gasteiger charge is -2.08. The number of rotatable bonds is 18. The van der Waals surface area contributed by atoms with Crippen LogP contribution in [0.25, 0.3) is 0 Å². The Labute approximate surface area is 166 Å². The lowest BCUT2D eigenvalue weighted by atomic mass is 10.1. The predicted octanol–water partition coefficient (Wildman–Crippen LogP) is 2.61. The summed E-state index contributed by atoms with van der Waals surface area (Å²) >= 11 is 0. The first-order valence-electron chi connectivity index (χ1n) is 9.81. The van der Waals surface area contributed by atoms with Crippen LogP contribution in [0, 0.1) is 0 Å². The van der Waals surface area contributed by atoms with Crippen LogP contribution in [-0.2, 0) is 19.0 Å². The zero-order chi connectivity index (χ0) is 18.7. The molecule has 0 spiro atoms. The minimum atomic E-state index is 0.163. The molecule has 1 aliphatic rings. The highest BCUT2D eigenvalue weighted by Crippen LogP contribution is 2.39. The molecule has 1 saturated heterocycles. The SMILES string of the molecule is NCCCOCCOCCOCCCNC(=O)CCCCC1CCSS1. The van der Waals surface area contributed by atoms with Crippen molar-refractivity contribution in [2.24, 2.45) is 5.73 Å². The van der Waals surface area contributed by atoms with Gasteiger partial charge in [0, 0.05) is 37.2 Å². The smallest absolute Gasteiger partial charge is 0.219 e. The van der Waals surface area contributed by atoms with E-state index in [1.807, 2.05) is 21.6 Å². The van der Waals surface area contributed by atoms with Gasteiger partial charge in [-0.05, 0) is 38.6 Å². The Morgan fingerprint density at radius 1 is 0.962 bits per heavy atom. The first-order valence-corrected chi connectivity index (χ1v) is 12.2. The Morgan fingerprint density at radius 3 is 2.31 bits per heavy atom. The van der Waals surface area contributed by atoms with Gasteiger partial charge in [0.2, 0.25) is 5.91 Å². The van der Waals surface area contributed by atoms with Gasteiger partial charge >= 0.3 is 0 Å². The monoisotopic (exact) mass is 408 g/mol. The number of ether oxygens (including phenoxy) is 3. The summed E-state index contributed by atoms with van der Waals surface area (Å²) in [6.45, 7) is 5.03. The van der Waals surface area contributed by atoms with Crippen LogP contribution in [-0.4, -0.2) is 69.6 Å². The molecule has 1 atom stereocenters. The second-order valence-corrected chi connectivity index (χ2v) is 9.05. The maximum absolute atomic E-state index is 11.7. The Bertz CT molecular complexity index is 332. The van der Waals surface area contributed by atoms with Gasteiger partial charge in [-0.15, -0.1) is 0 Å². The van der Waals surface area contributed by atoms with Crippen molar-refractivity contribution >= 4 is 27.5 Å². The Morgan fingerprint density at radius 2 is 1.65 bits per heavy atom. The molecular formula is C18H36N2O4S2. The molecule has 0 saturated carbocycles. The van der Waals surface area contributed by atoms with E-state index < -0.39 is 0 Å².